The molecule has 1 aliphatic rings. The van der Waals surface area contributed by atoms with Gasteiger partial charge >= 0.3 is 0 Å². The third-order valence-corrected chi connectivity index (χ3v) is 5.19. The van der Waals surface area contributed by atoms with Gasteiger partial charge in [0.2, 0.25) is 5.91 Å². The first-order valence-corrected chi connectivity index (χ1v) is 9.50. The lowest BCUT2D eigenvalue weighted by Gasteiger charge is -2.13. The van der Waals surface area contributed by atoms with E-state index in [0.717, 1.165) is 10.5 Å². The van der Waals surface area contributed by atoms with E-state index in [4.69, 9.17) is 11.6 Å². The molecule has 0 saturated carbocycles. The van der Waals surface area contributed by atoms with E-state index in [-0.39, 0.29) is 10.6 Å². The zero-order valence-corrected chi connectivity index (χ0v) is 16.6. The minimum atomic E-state index is -0.601. The molecule has 8 nitrogen and oxygen atoms in total. The average Bonchev–Trinajstić information content (AvgIpc) is 2.92. The quantitative estimate of drug-likeness (QED) is 0.431. The highest BCUT2D eigenvalue weighted by atomic mass is 35.5. The third-order valence-electron chi connectivity index (χ3n) is 4.05. The Hall–Kier alpha value is -3.17. The summed E-state index contributed by atoms with van der Waals surface area (Å²) in [6.45, 7) is 1.35. The molecule has 0 bridgehead atoms. The molecule has 1 heterocycles. The third kappa shape index (κ3) is 4.82. The van der Waals surface area contributed by atoms with Crippen LogP contribution in [0.4, 0.5) is 16.2 Å². The van der Waals surface area contributed by atoms with Crippen molar-refractivity contribution >= 4 is 57.9 Å². The Balaban J connectivity index is 1.70. The molecular weight excluding hydrogens is 418 g/mol. The maximum Gasteiger partial charge on any atom is 0.294 e. The summed E-state index contributed by atoms with van der Waals surface area (Å²) in [6.07, 6.45) is 1.45. The molecule has 10 heteroatoms. The van der Waals surface area contributed by atoms with Crippen LogP contribution in [0.3, 0.4) is 0 Å². The largest absolute Gasteiger partial charge is 0.324 e. The van der Waals surface area contributed by atoms with Crippen LogP contribution in [0.15, 0.2) is 47.4 Å². The molecule has 1 N–H and O–H groups in total. The number of imide groups is 1. The number of hydrogen-bond donors (Lipinski definition) is 1. The van der Waals surface area contributed by atoms with E-state index in [1.54, 1.807) is 25.1 Å². The first kappa shape index (κ1) is 20.6. The zero-order valence-electron chi connectivity index (χ0n) is 15.0. The standard InChI is InChI=1S/C19H14ClN3O5S/c1-11-2-5-13(20)9-15(11)21-17(24)10-22-18(25)16(29-19(22)26)8-12-3-6-14(7-4-12)23(27)28/h2-9H,10H2,1H3,(H,21,24)/b16-8+. The van der Waals surface area contributed by atoms with Crippen LogP contribution >= 0.6 is 23.4 Å². The number of nitrogens with zero attached hydrogens (tertiary/aromatic N) is 2. The molecule has 1 saturated heterocycles. The summed E-state index contributed by atoms with van der Waals surface area (Å²) < 4.78 is 0. The number of nitro benzene ring substituents is 1. The number of carbonyl (C=O) groups is 3. The van der Waals surface area contributed by atoms with Gasteiger partial charge in [-0.1, -0.05) is 17.7 Å². The number of carbonyl (C=O) groups excluding carboxylic acids is 3. The second-order valence-corrected chi connectivity index (χ2v) is 7.55. The summed E-state index contributed by atoms with van der Waals surface area (Å²) in [5.41, 5.74) is 1.73. The number of hydrogen-bond acceptors (Lipinski definition) is 6. The number of aryl methyl sites for hydroxylation is 1. The highest BCUT2D eigenvalue weighted by molar-refractivity contribution is 8.18. The number of benzene rings is 2. The maximum absolute atomic E-state index is 12.5. The van der Waals surface area contributed by atoms with Crippen molar-refractivity contribution < 1.29 is 19.3 Å². The van der Waals surface area contributed by atoms with Gasteiger partial charge in [-0.2, -0.15) is 0 Å². The molecule has 0 aliphatic carbocycles. The lowest BCUT2D eigenvalue weighted by molar-refractivity contribution is -0.384. The molecule has 1 aliphatic heterocycles. The molecule has 0 radical (unpaired) electrons. The lowest BCUT2D eigenvalue weighted by Crippen LogP contribution is -2.36. The van der Waals surface area contributed by atoms with Gasteiger partial charge in [0.05, 0.1) is 9.83 Å². The first-order valence-electron chi connectivity index (χ1n) is 8.30. The normalized spacial score (nSPS) is 15.1. The predicted octanol–water partition coefficient (Wildman–Crippen LogP) is 4.23. The van der Waals surface area contributed by atoms with Gasteiger partial charge in [-0.05, 0) is 60.2 Å². The van der Waals surface area contributed by atoms with Gasteiger partial charge in [-0.15, -0.1) is 0 Å². The molecule has 29 heavy (non-hydrogen) atoms. The average molecular weight is 432 g/mol. The summed E-state index contributed by atoms with van der Waals surface area (Å²) in [7, 11) is 0. The van der Waals surface area contributed by atoms with E-state index in [9.17, 15) is 24.5 Å². The van der Waals surface area contributed by atoms with Crippen LogP contribution in [0, 0.1) is 17.0 Å². The van der Waals surface area contributed by atoms with Gasteiger partial charge < -0.3 is 5.32 Å². The Kier molecular flexibility index (Phi) is 6.00. The second-order valence-electron chi connectivity index (χ2n) is 6.12. The monoisotopic (exact) mass is 431 g/mol. The lowest BCUT2D eigenvalue weighted by atomic mass is 10.2. The number of anilines is 1. The Morgan fingerprint density at radius 1 is 1.24 bits per heavy atom. The van der Waals surface area contributed by atoms with E-state index in [1.807, 2.05) is 0 Å². The SMILES string of the molecule is Cc1ccc(Cl)cc1NC(=O)CN1C(=O)S/C(=C/c2ccc([N+](=O)[O-])cc2)C1=O. The number of non-ortho nitro benzene ring substituents is 1. The van der Waals surface area contributed by atoms with E-state index in [0.29, 0.717) is 28.0 Å². The van der Waals surface area contributed by atoms with Crippen molar-refractivity contribution in [3.63, 3.8) is 0 Å². The van der Waals surface area contributed by atoms with Crippen LogP contribution in [0.25, 0.3) is 6.08 Å². The minimum Gasteiger partial charge on any atom is -0.324 e. The summed E-state index contributed by atoms with van der Waals surface area (Å²) in [6, 6.07) is 10.6. The van der Waals surface area contributed by atoms with Crippen LogP contribution in [0.2, 0.25) is 5.02 Å². The van der Waals surface area contributed by atoms with Crippen molar-refractivity contribution in [1.82, 2.24) is 4.90 Å². The Morgan fingerprint density at radius 2 is 1.93 bits per heavy atom. The summed E-state index contributed by atoms with van der Waals surface area (Å²) >= 11 is 6.63. The van der Waals surface area contributed by atoms with Crippen LogP contribution in [0.5, 0.6) is 0 Å². The Morgan fingerprint density at radius 3 is 2.59 bits per heavy atom. The van der Waals surface area contributed by atoms with Crippen LogP contribution in [-0.4, -0.2) is 33.4 Å². The Labute approximate surface area is 174 Å². The molecule has 2 aromatic rings. The highest BCUT2D eigenvalue weighted by Gasteiger charge is 2.36. The van der Waals surface area contributed by atoms with Gasteiger partial charge in [-0.25, -0.2) is 0 Å². The molecular formula is C19H14ClN3O5S. The summed E-state index contributed by atoms with van der Waals surface area (Å²) in [5.74, 6) is -1.13. The molecule has 0 atom stereocenters. The second kappa shape index (κ2) is 8.46. The molecule has 2 aromatic carbocycles. The van der Waals surface area contributed by atoms with Crippen molar-refractivity contribution in [2.45, 2.75) is 6.92 Å². The number of nitrogens with one attached hydrogen (secondary N) is 1. The van der Waals surface area contributed by atoms with Crippen molar-refractivity contribution in [2.75, 3.05) is 11.9 Å². The van der Waals surface area contributed by atoms with Gasteiger partial charge in [0.25, 0.3) is 16.8 Å². The Bertz CT molecular complexity index is 1050. The number of amides is 3. The molecule has 1 fully saturated rings. The van der Waals surface area contributed by atoms with Crippen molar-refractivity contribution in [1.29, 1.82) is 0 Å². The maximum atomic E-state index is 12.5. The van der Waals surface area contributed by atoms with Crippen molar-refractivity contribution in [3.05, 3.63) is 73.6 Å². The van der Waals surface area contributed by atoms with Gasteiger partial charge in [0, 0.05) is 22.8 Å². The van der Waals surface area contributed by atoms with Gasteiger partial charge in [0.15, 0.2) is 0 Å². The smallest absolute Gasteiger partial charge is 0.294 e. The molecule has 148 valence electrons. The fourth-order valence-corrected chi connectivity index (χ4v) is 3.55. The fraction of sp³-hybridized carbons (Fsp3) is 0.105. The molecule has 0 unspecified atom stereocenters. The zero-order chi connectivity index (χ0) is 21.1. The van der Waals surface area contributed by atoms with Crippen molar-refractivity contribution in [3.8, 4) is 0 Å². The van der Waals surface area contributed by atoms with E-state index in [1.165, 1.54) is 30.3 Å². The first-order chi connectivity index (χ1) is 13.7. The number of halogens is 1. The van der Waals surface area contributed by atoms with Gasteiger partial charge in [0.1, 0.15) is 6.54 Å². The van der Waals surface area contributed by atoms with Crippen LogP contribution in [-0.2, 0) is 9.59 Å². The predicted molar refractivity (Wildman–Crippen MR) is 111 cm³/mol. The van der Waals surface area contributed by atoms with E-state index in [2.05, 4.69) is 5.32 Å². The van der Waals surface area contributed by atoms with E-state index < -0.39 is 28.5 Å². The molecule has 3 rings (SSSR count). The van der Waals surface area contributed by atoms with Crippen LogP contribution in [0.1, 0.15) is 11.1 Å². The number of thioether (sulfide) groups is 1. The summed E-state index contributed by atoms with van der Waals surface area (Å²) in [4.78, 5) is 48.1. The summed E-state index contributed by atoms with van der Waals surface area (Å²) in [5, 5.41) is 13.2. The minimum absolute atomic E-state index is 0.0803. The number of rotatable bonds is 5. The van der Waals surface area contributed by atoms with Crippen LogP contribution < -0.4 is 5.32 Å². The van der Waals surface area contributed by atoms with Gasteiger partial charge in [-0.3, -0.25) is 29.4 Å². The molecule has 3 amide bonds. The van der Waals surface area contributed by atoms with Crippen molar-refractivity contribution in [2.24, 2.45) is 0 Å². The number of nitro groups is 1. The topological polar surface area (TPSA) is 110 Å². The molecule has 0 spiro atoms. The van der Waals surface area contributed by atoms with E-state index >= 15 is 0 Å². The molecule has 0 aromatic heterocycles. The fourth-order valence-electron chi connectivity index (χ4n) is 2.54. The highest BCUT2D eigenvalue weighted by Crippen LogP contribution is 2.32.